The van der Waals surface area contributed by atoms with Gasteiger partial charge in [0, 0.05) is 11.8 Å². The van der Waals surface area contributed by atoms with Crippen LogP contribution in [0.25, 0.3) is 0 Å². The third kappa shape index (κ3) is 1.42. The maximum atomic E-state index is 5.77. The van der Waals surface area contributed by atoms with Gasteiger partial charge in [0.05, 0.1) is 6.61 Å². The molecule has 0 fully saturated rings. The van der Waals surface area contributed by atoms with Crippen LogP contribution in [0.5, 0.6) is 5.75 Å². The fourth-order valence-corrected chi connectivity index (χ4v) is 1.69. The fraction of sp³-hybridized carbons (Fsp3) is 0.400. The Morgan fingerprint density at radius 1 is 1.42 bits per heavy atom. The molecule has 1 heterocycles. The predicted molar refractivity (Wildman–Crippen MR) is 49.9 cm³/mol. The normalized spacial score (nSPS) is 21.2. The van der Waals surface area contributed by atoms with Gasteiger partial charge < -0.3 is 4.74 Å². The molecule has 2 rings (SSSR count). The summed E-state index contributed by atoms with van der Waals surface area (Å²) in [7, 11) is 0. The van der Waals surface area contributed by atoms with Crippen LogP contribution < -0.4 is 4.74 Å². The average molecular weight is 183 g/mol. The molecule has 0 saturated carbocycles. The highest BCUT2D eigenvalue weighted by molar-refractivity contribution is 6.18. The summed E-state index contributed by atoms with van der Waals surface area (Å²) in [4.78, 5) is 0. The highest BCUT2D eigenvalue weighted by Crippen LogP contribution is 2.26. The number of alkyl halides is 1. The Bertz CT molecular complexity index is 272. The molecule has 12 heavy (non-hydrogen) atoms. The lowest BCUT2D eigenvalue weighted by atomic mass is 9.98. The summed E-state index contributed by atoms with van der Waals surface area (Å²) < 4.78 is 5.54. The minimum absolute atomic E-state index is 0.488. The van der Waals surface area contributed by atoms with Gasteiger partial charge in [-0.15, -0.1) is 11.6 Å². The second-order valence-electron chi connectivity index (χ2n) is 3.14. The Balaban J connectivity index is 2.23. The van der Waals surface area contributed by atoms with Crippen molar-refractivity contribution in [3.8, 4) is 5.75 Å². The van der Waals surface area contributed by atoms with Gasteiger partial charge in [-0.2, -0.15) is 0 Å². The Morgan fingerprint density at radius 2 is 2.25 bits per heavy atom. The highest BCUT2D eigenvalue weighted by Gasteiger charge is 2.17. The number of fused-ring (bicyclic) bond motifs is 1. The van der Waals surface area contributed by atoms with E-state index < -0.39 is 0 Å². The van der Waals surface area contributed by atoms with Gasteiger partial charge in [-0.3, -0.25) is 0 Å². The molecule has 1 aromatic carbocycles. The zero-order valence-electron chi connectivity index (χ0n) is 6.79. The minimum atomic E-state index is 0.488. The lowest BCUT2D eigenvalue weighted by Crippen LogP contribution is -2.21. The summed E-state index contributed by atoms with van der Waals surface area (Å²) in [6, 6.07) is 8.16. The lowest BCUT2D eigenvalue weighted by Gasteiger charge is -2.23. The number of para-hydroxylation sites is 1. The standard InChI is InChI=1S/C10H11ClO/c11-6-8-5-9-3-1-2-4-10(9)12-7-8/h1-4,8H,5-7H2/t8-/m0/s1. The van der Waals surface area contributed by atoms with E-state index in [1.165, 1.54) is 5.56 Å². The lowest BCUT2D eigenvalue weighted by molar-refractivity contribution is 0.236. The number of halogens is 1. The number of benzene rings is 1. The summed E-state index contributed by atoms with van der Waals surface area (Å²) in [6.07, 6.45) is 1.06. The van der Waals surface area contributed by atoms with Crippen molar-refractivity contribution in [3.63, 3.8) is 0 Å². The van der Waals surface area contributed by atoms with Crippen molar-refractivity contribution < 1.29 is 4.74 Å². The molecular weight excluding hydrogens is 172 g/mol. The summed E-state index contributed by atoms with van der Waals surface area (Å²) in [5, 5.41) is 0. The van der Waals surface area contributed by atoms with Crippen LogP contribution in [0.15, 0.2) is 24.3 Å². The Morgan fingerprint density at radius 3 is 3.08 bits per heavy atom. The molecule has 0 radical (unpaired) electrons. The molecule has 1 aromatic rings. The molecule has 0 amide bonds. The molecular formula is C10H11ClO. The molecule has 2 heteroatoms. The van der Waals surface area contributed by atoms with Crippen molar-refractivity contribution in [2.45, 2.75) is 6.42 Å². The smallest absolute Gasteiger partial charge is 0.122 e. The van der Waals surface area contributed by atoms with E-state index in [1.807, 2.05) is 18.2 Å². The van der Waals surface area contributed by atoms with Crippen LogP contribution in [0.4, 0.5) is 0 Å². The van der Waals surface area contributed by atoms with E-state index in [1.54, 1.807) is 0 Å². The third-order valence-electron chi connectivity index (χ3n) is 2.17. The van der Waals surface area contributed by atoms with Crippen LogP contribution >= 0.6 is 11.6 Å². The molecule has 1 atom stereocenters. The van der Waals surface area contributed by atoms with E-state index in [-0.39, 0.29) is 0 Å². The number of hydrogen-bond donors (Lipinski definition) is 0. The van der Waals surface area contributed by atoms with Crippen LogP contribution in [0.3, 0.4) is 0 Å². The largest absolute Gasteiger partial charge is 0.493 e. The van der Waals surface area contributed by atoms with Crippen LogP contribution in [0.1, 0.15) is 5.56 Å². The van der Waals surface area contributed by atoms with E-state index in [0.29, 0.717) is 11.8 Å². The molecule has 0 N–H and O–H groups in total. The first kappa shape index (κ1) is 7.93. The molecule has 1 nitrogen and oxygen atoms in total. The van der Waals surface area contributed by atoms with Crippen molar-refractivity contribution in [3.05, 3.63) is 29.8 Å². The number of hydrogen-bond acceptors (Lipinski definition) is 1. The van der Waals surface area contributed by atoms with Gasteiger partial charge in [0.1, 0.15) is 5.75 Å². The van der Waals surface area contributed by atoms with Crippen molar-refractivity contribution in [1.82, 2.24) is 0 Å². The van der Waals surface area contributed by atoms with Crippen LogP contribution in [-0.2, 0) is 6.42 Å². The Hall–Kier alpha value is -0.690. The van der Waals surface area contributed by atoms with E-state index in [2.05, 4.69) is 6.07 Å². The second kappa shape index (κ2) is 3.36. The summed E-state index contributed by atoms with van der Waals surface area (Å²) in [5.41, 5.74) is 1.29. The molecule has 0 spiro atoms. The van der Waals surface area contributed by atoms with E-state index in [4.69, 9.17) is 16.3 Å². The topological polar surface area (TPSA) is 9.23 Å². The molecule has 0 saturated heterocycles. The minimum Gasteiger partial charge on any atom is -0.493 e. The van der Waals surface area contributed by atoms with E-state index >= 15 is 0 Å². The zero-order chi connectivity index (χ0) is 8.39. The number of ether oxygens (including phenoxy) is 1. The zero-order valence-corrected chi connectivity index (χ0v) is 7.55. The van der Waals surface area contributed by atoms with Crippen LogP contribution in [0.2, 0.25) is 0 Å². The van der Waals surface area contributed by atoms with Crippen molar-refractivity contribution in [2.24, 2.45) is 5.92 Å². The van der Waals surface area contributed by atoms with Gasteiger partial charge in [-0.25, -0.2) is 0 Å². The summed E-state index contributed by atoms with van der Waals surface area (Å²) >= 11 is 5.77. The van der Waals surface area contributed by atoms with Gasteiger partial charge in [-0.05, 0) is 18.1 Å². The first-order valence-electron chi connectivity index (χ1n) is 4.17. The second-order valence-corrected chi connectivity index (χ2v) is 3.45. The molecule has 0 bridgehead atoms. The highest BCUT2D eigenvalue weighted by atomic mass is 35.5. The maximum absolute atomic E-state index is 5.77. The number of rotatable bonds is 1. The molecule has 0 unspecified atom stereocenters. The van der Waals surface area contributed by atoms with Crippen molar-refractivity contribution >= 4 is 11.6 Å². The average Bonchev–Trinajstić information content (AvgIpc) is 2.17. The molecule has 1 aliphatic rings. The van der Waals surface area contributed by atoms with Gasteiger partial charge in [0.2, 0.25) is 0 Å². The van der Waals surface area contributed by atoms with Crippen LogP contribution in [-0.4, -0.2) is 12.5 Å². The summed E-state index contributed by atoms with van der Waals surface area (Å²) in [5.74, 6) is 2.20. The molecule has 0 aliphatic carbocycles. The van der Waals surface area contributed by atoms with Crippen molar-refractivity contribution in [2.75, 3.05) is 12.5 Å². The first-order chi connectivity index (χ1) is 5.90. The fourth-order valence-electron chi connectivity index (χ4n) is 1.49. The third-order valence-corrected chi connectivity index (χ3v) is 2.61. The predicted octanol–water partition coefficient (Wildman–Crippen LogP) is 2.48. The van der Waals surface area contributed by atoms with E-state index in [9.17, 15) is 0 Å². The quantitative estimate of drug-likeness (QED) is 0.607. The molecule has 1 aliphatic heterocycles. The molecule has 64 valence electrons. The van der Waals surface area contributed by atoms with Gasteiger partial charge in [-0.1, -0.05) is 18.2 Å². The first-order valence-corrected chi connectivity index (χ1v) is 4.70. The Kier molecular flexibility index (Phi) is 2.22. The maximum Gasteiger partial charge on any atom is 0.122 e. The van der Waals surface area contributed by atoms with Gasteiger partial charge in [0.25, 0.3) is 0 Å². The van der Waals surface area contributed by atoms with Crippen LogP contribution in [0, 0.1) is 5.92 Å². The monoisotopic (exact) mass is 182 g/mol. The summed E-state index contributed by atoms with van der Waals surface area (Å²) in [6.45, 7) is 0.764. The van der Waals surface area contributed by atoms with Gasteiger partial charge in [0.15, 0.2) is 0 Å². The van der Waals surface area contributed by atoms with E-state index in [0.717, 1.165) is 18.8 Å². The van der Waals surface area contributed by atoms with Crippen molar-refractivity contribution in [1.29, 1.82) is 0 Å². The Labute approximate surface area is 77.3 Å². The molecule has 0 aromatic heterocycles. The SMILES string of the molecule is ClC[C@H]1COc2ccccc2C1. The van der Waals surface area contributed by atoms with Gasteiger partial charge >= 0.3 is 0 Å².